The van der Waals surface area contributed by atoms with E-state index in [2.05, 4.69) is 25.8 Å². The molecule has 112 valence electrons. The molecule has 2 aromatic rings. The summed E-state index contributed by atoms with van der Waals surface area (Å²) in [6, 6.07) is -0.336. The minimum absolute atomic E-state index is 0.0316. The van der Waals surface area contributed by atoms with Gasteiger partial charge < -0.3 is 15.7 Å². The zero-order valence-corrected chi connectivity index (χ0v) is 12.4. The third-order valence-corrected chi connectivity index (χ3v) is 3.67. The van der Waals surface area contributed by atoms with E-state index in [1.165, 1.54) is 16.7 Å². The number of aromatic carboxylic acids is 1. The molecule has 2 rings (SSSR count). The van der Waals surface area contributed by atoms with E-state index in [4.69, 9.17) is 5.11 Å². The number of amides is 2. The van der Waals surface area contributed by atoms with Crippen molar-refractivity contribution in [2.75, 3.05) is 11.9 Å². The van der Waals surface area contributed by atoms with Gasteiger partial charge in [-0.15, -0.1) is 11.3 Å². The number of thiazole rings is 1. The second-order valence-corrected chi connectivity index (χ2v) is 5.31. The summed E-state index contributed by atoms with van der Waals surface area (Å²) >= 11 is 1.26. The minimum Gasteiger partial charge on any atom is -0.476 e. The molecule has 0 atom stereocenters. The Bertz CT molecular complexity index is 644. The van der Waals surface area contributed by atoms with Gasteiger partial charge in [0.15, 0.2) is 5.69 Å². The predicted molar refractivity (Wildman–Crippen MR) is 77.9 cm³/mol. The number of H-pyrrole nitrogens is 1. The zero-order valence-electron chi connectivity index (χ0n) is 11.6. The standard InChI is InChI=1S/C12H15N5O3S/c1-6-10(7(2)17-16-6)15-12(20)13-4-3-9-14-8(5-21-9)11(18)19/h5H,3-4H2,1-2H3,(H,16,17)(H,18,19)(H2,13,15,20). The first-order valence-electron chi connectivity index (χ1n) is 6.21. The second-order valence-electron chi connectivity index (χ2n) is 4.37. The summed E-state index contributed by atoms with van der Waals surface area (Å²) in [5.41, 5.74) is 2.20. The van der Waals surface area contributed by atoms with Crippen molar-refractivity contribution in [3.8, 4) is 0 Å². The van der Waals surface area contributed by atoms with Crippen molar-refractivity contribution in [2.45, 2.75) is 20.3 Å². The largest absolute Gasteiger partial charge is 0.476 e. The number of nitrogens with zero attached hydrogens (tertiary/aromatic N) is 2. The molecule has 4 N–H and O–H groups in total. The maximum absolute atomic E-state index is 11.7. The lowest BCUT2D eigenvalue weighted by Crippen LogP contribution is -2.30. The Kier molecular flexibility index (Phi) is 4.53. The quantitative estimate of drug-likeness (QED) is 0.668. The molecule has 0 unspecified atom stereocenters. The third-order valence-electron chi connectivity index (χ3n) is 2.76. The van der Waals surface area contributed by atoms with E-state index >= 15 is 0 Å². The molecule has 0 aliphatic carbocycles. The van der Waals surface area contributed by atoms with Crippen LogP contribution in [-0.2, 0) is 6.42 Å². The molecule has 9 heteroatoms. The van der Waals surface area contributed by atoms with Crippen LogP contribution >= 0.6 is 11.3 Å². The Balaban J connectivity index is 1.80. The van der Waals surface area contributed by atoms with Crippen molar-refractivity contribution in [1.82, 2.24) is 20.5 Å². The number of aryl methyl sites for hydroxylation is 2. The first-order valence-corrected chi connectivity index (χ1v) is 7.09. The number of rotatable bonds is 5. The number of urea groups is 1. The van der Waals surface area contributed by atoms with Gasteiger partial charge in [-0.2, -0.15) is 5.10 Å². The summed E-state index contributed by atoms with van der Waals surface area (Å²) in [6.07, 6.45) is 0.481. The molecule has 0 bridgehead atoms. The minimum atomic E-state index is -1.05. The summed E-state index contributed by atoms with van der Waals surface area (Å²) in [5.74, 6) is -1.05. The number of aromatic amines is 1. The van der Waals surface area contributed by atoms with Gasteiger partial charge in [0.05, 0.1) is 22.1 Å². The molecule has 21 heavy (non-hydrogen) atoms. The lowest BCUT2D eigenvalue weighted by atomic mass is 10.3. The Labute approximate surface area is 124 Å². The summed E-state index contributed by atoms with van der Waals surface area (Å²) in [5, 5.41) is 23.1. The van der Waals surface area contributed by atoms with Crippen molar-refractivity contribution in [3.63, 3.8) is 0 Å². The maximum atomic E-state index is 11.7. The Morgan fingerprint density at radius 2 is 2.19 bits per heavy atom. The van der Waals surface area contributed by atoms with Crippen molar-refractivity contribution >= 4 is 29.0 Å². The SMILES string of the molecule is Cc1n[nH]c(C)c1NC(=O)NCCc1nc(C(=O)O)cs1. The van der Waals surface area contributed by atoms with Crippen LogP contribution in [0, 0.1) is 13.8 Å². The highest BCUT2D eigenvalue weighted by Gasteiger charge is 2.11. The fourth-order valence-corrected chi connectivity index (χ4v) is 2.47. The van der Waals surface area contributed by atoms with Crippen LogP contribution in [0.1, 0.15) is 26.9 Å². The first kappa shape index (κ1) is 15.0. The van der Waals surface area contributed by atoms with Crippen LogP contribution in [0.5, 0.6) is 0 Å². The highest BCUT2D eigenvalue weighted by molar-refractivity contribution is 7.09. The van der Waals surface area contributed by atoms with E-state index in [0.29, 0.717) is 29.4 Å². The number of carboxylic acids is 1. The van der Waals surface area contributed by atoms with Gasteiger partial charge in [0.25, 0.3) is 0 Å². The van der Waals surface area contributed by atoms with Crippen LogP contribution in [0.3, 0.4) is 0 Å². The molecule has 2 aromatic heterocycles. The molecule has 0 fully saturated rings. The monoisotopic (exact) mass is 309 g/mol. The summed E-state index contributed by atoms with van der Waals surface area (Å²) in [7, 11) is 0. The van der Waals surface area contributed by atoms with E-state index in [1.54, 1.807) is 6.92 Å². The van der Waals surface area contributed by atoms with Crippen LogP contribution in [0.2, 0.25) is 0 Å². The average molecular weight is 309 g/mol. The van der Waals surface area contributed by atoms with Gasteiger partial charge in [0.2, 0.25) is 0 Å². The van der Waals surface area contributed by atoms with Crippen LogP contribution in [-0.4, -0.2) is 38.8 Å². The maximum Gasteiger partial charge on any atom is 0.355 e. The molecule has 2 heterocycles. The molecular formula is C12H15N5O3S. The summed E-state index contributed by atoms with van der Waals surface area (Å²) < 4.78 is 0. The smallest absolute Gasteiger partial charge is 0.355 e. The molecule has 0 saturated heterocycles. The number of nitrogens with one attached hydrogen (secondary N) is 3. The number of carbonyl (C=O) groups excluding carboxylic acids is 1. The van der Waals surface area contributed by atoms with Crippen LogP contribution in [0.15, 0.2) is 5.38 Å². The number of anilines is 1. The van der Waals surface area contributed by atoms with E-state index in [9.17, 15) is 9.59 Å². The van der Waals surface area contributed by atoms with Crippen LogP contribution in [0.4, 0.5) is 10.5 Å². The van der Waals surface area contributed by atoms with Gasteiger partial charge in [-0.1, -0.05) is 0 Å². The second kappa shape index (κ2) is 6.35. The molecule has 0 aromatic carbocycles. The normalized spacial score (nSPS) is 10.4. The number of aromatic nitrogens is 3. The number of hydrogen-bond donors (Lipinski definition) is 4. The lowest BCUT2D eigenvalue weighted by Gasteiger charge is -2.06. The third kappa shape index (κ3) is 3.78. The molecule has 0 radical (unpaired) electrons. The Morgan fingerprint density at radius 3 is 2.76 bits per heavy atom. The van der Waals surface area contributed by atoms with E-state index in [-0.39, 0.29) is 11.7 Å². The van der Waals surface area contributed by atoms with Crippen molar-refractivity contribution in [1.29, 1.82) is 0 Å². The lowest BCUT2D eigenvalue weighted by molar-refractivity contribution is 0.0691. The Morgan fingerprint density at radius 1 is 1.43 bits per heavy atom. The van der Waals surface area contributed by atoms with E-state index in [0.717, 1.165) is 5.69 Å². The van der Waals surface area contributed by atoms with Gasteiger partial charge in [-0.3, -0.25) is 5.10 Å². The van der Waals surface area contributed by atoms with Crippen molar-refractivity contribution in [2.24, 2.45) is 0 Å². The highest BCUT2D eigenvalue weighted by atomic mass is 32.1. The van der Waals surface area contributed by atoms with Crippen molar-refractivity contribution < 1.29 is 14.7 Å². The Hall–Kier alpha value is -2.42. The fraction of sp³-hybridized carbons (Fsp3) is 0.333. The molecule has 0 aliphatic heterocycles. The molecule has 8 nitrogen and oxygen atoms in total. The number of hydrogen-bond acceptors (Lipinski definition) is 5. The molecule has 2 amide bonds. The van der Waals surface area contributed by atoms with Gasteiger partial charge >= 0.3 is 12.0 Å². The van der Waals surface area contributed by atoms with Gasteiger partial charge in [0, 0.05) is 18.3 Å². The summed E-state index contributed by atoms with van der Waals surface area (Å²) in [4.78, 5) is 26.4. The first-order chi connectivity index (χ1) is 9.97. The average Bonchev–Trinajstić information content (AvgIpc) is 3.01. The summed E-state index contributed by atoms with van der Waals surface area (Å²) in [6.45, 7) is 3.98. The van der Waals surface area contributed by atoms with E-state index in [1.807, 2.05) is 6.92 Å². The van der Waals surface area contributed by atoms with Gasteiger partial charge in [0.1, 0.15) is 0 Å². The van der Waals surface area contributed by atoms with Gasteiger partial charge in [-0.05, 0) is 13.8 Å². The van der Waals surface area contributed by atoms with Crippen molar-refractivity contribution in [3.05, 3.63) is 27.5 Å². The van der Waals surface area contributed by atoms with Crippen LogP contribution < -0.4 is 10.6 Å². The van der Waals surface area contributed by atoms with Gasteiger partial charge in [-0.25, -0.2) is 14.6 Å². The van der Waals surface area contributed by atoms with Crippen LogP contribution in [0.25, 0.3) is 0 Å². The molecule has 0 aliphatic rings. The number of carbonyl (C=O) groups is 2. The molecular weight excluding hydrogens is 294 g/mol. The highest BCUT2D eigenvalue weighted by Crippen LogP contribution is 2.15. The zero-order chi connectivity index (χ0) is 15.4. The molecule has 0 spiro atoms. The fourth-order valence-electron chi connectivity index (χ4n) is 1.70. The molecule has 0 saturated carbocycles. The topological polar surface area (TPSA) is 120 Å². The van der Waals surface area contributed by atoms with E-state index < -0.39 is 5.97 Å². The number of carboxylic acid groups (broad SMARTS) is 1. The predicted octanol–water partition coefficient (Wildman–Crippen LogP) is 1.55.